The van der Waals surface area contributed by atoms with Gasteiger partial charge in [-0.05, 0) is 31.7 Å². The smallest absolute Gasteiger partial charge is 0.140 e. The van der Waals surface area contributed by atoms with Crippen LogP contribution >= 0.6 is 0 Å². The van der Waals surface area contributed by atoms with E-state index in [4.69, 9.17) is 4.74 Å². The second-order valence-electron chi connectivity index (χ2n) is 6.00. The van der Waals surface area contributed by atoms with Crippen molar-refractivity contribution in [3.63, 3.8) is 0 Å². The summed E-state index contributed by atoms with van der Waals surface area (Å²) < 4.78 is 5.42. The number of nitrogens with zero attached hydrogens (tertiary/aromatic N) is 1. The first kappa shape index (κ1) is 14.3. The SMILES string of the molecule is CC(=O)C1(c2ccccc2)CC=C(N2CCOCC2)CC1. The van der Waals surface area contributed by atoms with Crippen LogP contribution in [0.15, 0.2) is 42.1 Å². The van der Waals surface area contributed by atoms with Gasteiger partial charge in [-0.1, -0.05) is 36.4 Å². The number of allylic oxidation sites excluding steroid dienone is 2. The Labute approximate surface area is 126 Å². The van der Waals surface area contributed by atoms with Crippen LogP contribution in [0.25, 0.3) is 0 Å². The Kier molecular flexibility index (Phi) is 4.11. The lowest BCUT2D eigenvalue weighted by Gasteiger charge is -2.39. The van der Waals surface area contributed by atoms with Gasteiger partial charge in [-0.25, -0.2) is 0 Å². The Hall–Kier alpha value is -1.61. The molecule has 0 amide bonds. The van der Waals surface area contributed by atoms with Crippen molar-refractivity contribution in [1.82, 2.24) is 4.90 Å². The van der Waals surface area contributed by atoms with Crippen molar-refractivity contribution in [2.24, 2.45) is 0 Å². The minimum Gasteiger partial charge on any atom is -0.378 e. The Morgan fingerprint density at radius 2 is 1.90 bits per heavy atom. The van der Waals surface area contributed by atoms with Crippen molar-refractivity contribution >= 4 is 5.78 Å². The molecule has 1 fully saturated rings. The van der Waals surface area contributed by atoms with Crippen LogP contribution in [0, 0.1) is 0 Å². The van der Waals surface area contributed by atoms with Gasteiger partial charge in [0.15, 0.2) is 0 Å². The molecule has 0 radical (unpaired) electrons. The summed E-state index contributed by atoms with van der Waals surface area (Å²) >= 11 is 0. The molecule has 2 aliphatic rings. The fourth-order valence-corrected chi connectivity index (χ4v) is 3.52. The predicted molar refractivity (Wildman–Crippen MR) is 83.1 cm³/mol. The molecule has 1 heterocycles. The van der Waals surface area contributed by atoms with Crippen LogP contribution in [-0.4, -0.2) is 37.0 Å². The number of Topliss-reactive ketones (excluding diaryl/α,β-unsaturated/α-hetero) is 1. The number of benzene rings is 1. The third-order valence-corrected chi connectivity index (χ3v) is 4.91. The topological polar surface area (TPSA) is 29.5 Å². The second-order valence-corrected chi connectivity index (χ2v) is 6.00. The summed E-state index contributed by atoms with van der Waals surface area (Å²) in [5.41, 5.74) is 2.23. The molecule has 1 aliphatic carbocycles. The van der Waals surface area contributed by atoms with Crippen LogP contribution < -0.4 is 0 Å². The van der Waals surface area contributed by atoms with Gasteiger partial charge in [0.05, 0.1) is 18.6 Å². The van der Waals surface area contributed by atoms with Gasteiger partial charge < -0.3 is 9.64 Å². The molecule has 112 valence electrons. The molecule has 1 aromatic rings. The van der Waals surface area contributed by atoms with Crippen LogP contribution in [0.2, 0.25) is 0 Å². The largest absolute Gasteiger partial charge is 0.378 e. The third kappa shape index (κ3) is 2.75. The van der Waals surface area contributed by atoms with E-state index >= 15 is 0 Å². The number of carbonyl (C=O) groups excluding carboxylic acids is 1. The number of ketones is 1. The maximum Gasteiger partial charge on any atom is 0.140 e. The minimum absolute atomic E-state index is 0.283. The zero-order chi connectivity index (χ0) is 14.7. The quantitative estimate of drug-likeness (QED) is 0.855. The van der Waals surface area contributed by atoms with Gasteiger partial charge in [0, 0.05) is 18.8 Å². The molecule has 3 heteroatoms. The van der Waals surface area contributed by atoms with Crippen molar-refractivity contribution in [2.75, 3.05) is 26.3 Å². The van der Waals surface area contributed by atoms with Gasteiger partial charge in [-0.2, -0.15) is 0 Å². The first-order chi connectivity index (χ1) is 10.2. The highest BCUT2D eigenvalue weighted by Crippen LogP contribution is 2.40. The number of morpholine rings is 1. The van der Waals surface area contributed by atoms with E-state index in [-0.39, 0.29) is 11.2 Å². The van der Waals surface area contributed by atoms with Gasteiger partial charge in [-0.15, -0.1) is 0 Å². The van der Waals surface area contributed by atoms with Crippen molar-refractivity contribution in [2.45, 2.75) is 31.6 Å². The van der Waals surface area contributed by atoms with E-state index < -0.39 is 0 Å². The molecule has 0 aromatic heterocycles. The summed E-state index contributed by atoms with van der Waals surface area (Å²) in [6.45, 7) is 5.32. The van der Waals surface area contributed by atoms with Gasteiger partial charge in [0.2, 0.25) is 0 Å². The molecule has 1 aromatic carbocycles. The van der Waals surface area contributed by atoms with Gasteiger partial charge >= 0.3 is 0 Å². The maximum absolute atomic E-state index is 12.3. The van der Waals surface area contributed by atoms with E-state index in [9.17, 15) is 4.79 Å². The molecule has 3 rings (SSSR count). The summed E-state index contributed by atoms with van der Waals surface area (Å²) in [4.78, 5) is 14.8. The van der Waals surface area contributed by atoms with Crippen LogP contribution in [0.5, 0.6) is 0 Å². The highest BCUT2D eigenvalue weighted by atomic mass is 16.5. The first-order valence-electron chi connectivity index (χ1n) is 7.81. The fourth-order valence-electron chi connectivity index (χ4n) is 3.52. The van der Waals surface area contributed by atoms with Crippen LogP contribution in [-0.2, 0) is 14.9 Å². The van der Waals surface area contributed by atoms with Crippen molar-refractivity contribution in [3.8, 4) is 0 Å². The lowest BCUT2D eigenvalue weighted by molar-refractivity contribution is -0.122. The average Bonchev–Trinajstić information content (AvgIpc) is 2.56. The molecule has 1 saturated heterocycles. The van der Waals surface area contributed by atoms with Crippen LogP contribution in [0.1, 0.15) is 31.7 Å². The molecule has 0 saturated carbocycles. The van der Waals surface area contributed by atoms with E-state index in [0.717, 1.165) is 51.1 Å². The zero-order valence-corrected chi connectivity index (χ0v) is 12.7. The Balaban J connectivity index is 1.83. The van der Waals surface area contributed by atoms with Gasteiger partial charge in [0.1, 0.15) is 5.78 Å². The molecular formula is C18H23NO2. The second kappa shape index (κ2) is 6.02. The zero-order valence-electron chi connectivity index (χ0n) is 12.7. The normalized spacial score (nSPS) is 26.3. The standard InChI is InChI=1S/C18H23NO2/c1-15(20)18(16-5-3-2-4-6-16)9-7-17(8-10-18)19-11-13-21-14-12-19/h2-7H,8-14H2,1H3. The number of carbonyl (C=O) groups is 1. The summed E-state index contributed by atoms with van der Waals surface area (Å²) in [5.74, 6) is 0.283. The van der Waals surface area contributed by atoms with Gasteiger partial charge in [-0.3, -0.25) is 4.79 Å². The summed E-state index contributed by atoms with van der Waals surface area (Å²) in [6.07, 6.45) is 4.99. The highest BCUT2D eigenvalue weighted by Gasteiger charge is 2.39. The first-order valence-corrected chi connectivity index (χ1v) is 7.81. The van der Waals surface area contributed by atoms with E-state index in [1.54, 1.807) is 6.92 Å². The molecule has 1 atom stereocenters. The highest BCUT2D eigenvalue weighted by molar-refractivity contribution is 5.88. The van der Waals surface area contributed by atoms with E-state index in [0.29, 0.717) is 0 Å². The molecular weight excluding hydrogens is 262 g/mol. The average molecular weight is 285 g/mol. The maximum atomic E-state index is 12.3. The van der Waals surface area contributed by atoms with E-state index in [1.807, 2.05) is 18.2 Å². The molecule has 0 N–H and O–H groups in total. The fraction of sp³-hybridized carbons (Fsp3) is 0.500. The lowest BCUT2D eigenvalue weighted by atomic mass is 9.68. The molecule has 21 heavy (non-hydrogen) atoms. The number of hydrogen-bond donors (Lipinski definition) is 0. The van der Waals surface area contributed by atoms with Crippen molar-refractivity contribution in [3.05, 3.63) is 47.7 Å². The van der Waals surface area contributed by atoms with Crippen molar-refractivity contribution in [1.29, 1.82) is 0 Å². The van der Waals surface area contributed by atoms with Crippen LogP contribution in [0.3, 0.4) is 0 Å². The number of rotatable bonds is 3. The number of hydrogen-bond acceptors (Lipinski definition) is 3. The lowest BCUT2D eigenvalue weighted by Crippen LogP contribution is -2.40. The van der Waals surface area contributed by atoms with E-state index in [2.05, 4.69) is 23.1 Å². The molecule has 0 spiro atoms. The molecule has 0 bridgehead atoms. The summed E-state index contributed by atoms with van der Waals surface area (Å²) in [7, 11) is 0. The Morgan fingerprint density at radius 1 is 1.19 bits per heavy atom. The minimum atomic E-state index is -0.322. The third-order valence-electron chi connectivity index (χ3n) is 4.91. The molecule has 1 unspecified atom stereocenters. The molecule has 3 nitrogen and oxygen atoms in total. The summed E-state index contributed by atoms with van der Waals surface area (Å²) in [6, 6.07) is 10.3. The van der Waals surface area contributed by atoms with Crippen LogP contribution in [0.4, 0.5) is 0 Å². The Morgan fingerprint density at radius 3 is 2.48 bits per heavy atom. The Bertz CT molecular complexity index is 531. The van der Waals surface area contributed by atoms with E-state index in [1.165, 1.54) is 5.70 Å². The molecule has 1 aliphatic heterocycles. The summed E-state index contributed by atoms with van der Waals surface area (Å²) in [5, 5.41) is 0. The monoisotopic (exact) mass is 285 g/mol. The van der Waals surface area contributed by atoms with Gasteiger partial charge in [0.25, 0.3) is 0 Å². The van der Waals surface area contributed by atoms with Crippen molar-refractivity contribution < 1.29 is 9.53 Å². The number of ether oxygens (including phenoxy) is 1. The predicted octanol–water partition coefficient (Wildman–Crippen LogP) is 2.91.